The minimum Gasteiger partial charge on any atom is -0.492 e. The summed E-state index contributed by atoms with van der Waals surface area (Å²) < 4.78 is 10.8. The first-order valence-electron chi connectivity index (χ1n) is 6.32. The maximum Gasteiger partial charge on any atom is 0.335 e. The molecule has 0 saturated carbocycles. The van der Waals surface area contributed by atoms with Crippen molar-refractivity contribution in [1.82, 2.24) is 4.90 Å². The molecule has 0 amide bonds. The maximum absolute atomic E-state index is 10.7. The third kappa shape index (κ3) is 4.13. The van der Waals surface area contributed by atoms with Gasteiger partial charge in [0.05, 0.1) is 18.4 Å². The number of hydrogen-bond acceptors (Lipinski definition) is 4. The lowest BCUT2D eigenvalue weighted by Crippen LogP contribution is -2.23. The summed E-state index contributed by atoms with van der Waals surface area (Å²) >= 11 is 0. The molecule has 0 fully saturated rings. The molecule has 106 valence electrons. The largest absolute Gasteiger partial charge is 0.492 e. The molecule has 0 spiro atoms. The van der Waals surface area contributed by atoms with Crippen LogP contribution in [0.1, 0.15) is 16.1 Å². The predicted octanol–water partition coefficient (Wildman–Crippen LogP) is 2.49. The number of aromatic carboxylic acids is 1. The molecule has 0 saturated heterocycles. The zero-order chi connectivity index (χ0) is 14.4. The Bertz CT molecular complexity index is 534. The Balaban J connectivity index is 1.73. The van der Waals surface area contributed by atoms with Gasteiger partial charge in [0.15, 0.2) is 0 Å². The molecule has 0 aliphatic rings. The summed E-state index contributed by atoms with van der Waals surface area (Å²) in [7, 11) is 1.99. The van der Waals surface area contributed by atoms with Gasteiger partial charge in [-0.1, -0.05) is 0 Å². The van der Waals surface area contributed by atoms with Crippen molar-refractivity contribution in [3.8, 4) is 5.75 Å². The van der Waals surface area contributed by atoms with Gasteiger partial charge in [0.25, 0.3) is 0 Å². The van der Waals surface area contributed by atoms with Crippen LogP contribution in [0.2, 0.25) is 0 Å². The van der Waals surface area contributed by atoms with Gasteiger partial charge in [-0.05, 0) is 43.4 Å². The summed E-state index contributed by atoms with van der Waals surface area (Å²) in [6.45, 7) is 2.01. The van der Waals surface area contributed by atoms with Gasteiger partial charge in [-0.15, -0.1) is 0 Å². The van der Waals surface area contributed by atoms with Crippen molar-refractivity contribution in [3.63, 3.8) is 0 Å². The van der Waals surface area contributed by atoms with Crippen molar-refractivity contribution in [1.29, 1.82) is 0 Å². The zero-order valence-corrected chi connectivity index (χ0v) is 11.3. The predicted molar refractivity (Wildman–Crippen MR) is 73.9 cm³/mol. The van der Waals surface area contributed by atoms with Crippen LogP contribution >= 0.6 is 0 Å². The summed E-state index contributed by atoms with van der Waals surface area (Å²) in [6, 6.07) is 10.2. The molecule has 20 heavy (non-hydrogen) atoms. The fraction of sp³-hybridized carbons (Fsp3) is 0.267. The first-order chi connectivity index (χ1) is 9.65. The van der Waals surface area contributed by atoms with E-state index >= 15 is 0 Å². The highest BCUT2D eigenvalue weighted by Gasteiger charge is 2.04. The second kappa shape index (κ2) is 6.77. The standard InChI is InChI=1S/C15H17NO4/c1-16(11-14-3-2-9-19-14)8-10-20-13-6-4-12(5-7-13)15(17)18/h2-7,9H,8,10-11H2,1H3,(H,17,18). The number of carboxylic acid groups (broad SMARTS) is 1. The van der Waals surface area contributed by atoms with E-state index < -0.39 is 5.97 Å². The number of likely N-dealkylation sites (N-methyl/N-ethyl adjacent to an activating group) is 1. The SMILES string of the molecule is CN(CCOc1ccc(C(=O)O)cc1)Cc1ccco1. The van der Waals surface area contributed by atoms with Crippen molar-refractivity contribution in [2.24, 2.45) is 0 Å². The lowest BCUT2D eigenvalue weighted by Gasteiger charge is -2.15. The van der Waals surface area contributed by atoms with Gasteiger partial charge in [0.1, 0.15) is 18.1 Å². The monoisotopic (exact) mass is 275 g/mol. The fourth-order valence-electron chi connectivity index (χ4n) is 1.76. The number of rotatable bonds is 7. The van der Waals surface area contributed by atoms with Crippen LogP contribution in [0.5, 0.6) is 5.75 Å². The number of carboxylic acids is 1. The van der Waals surface area contributed by atoms with E-state index in [1.165, 1.54) is 12.1 Å². The molecule has 1 aromatic carbocycles. The normalized spacial score (nSPS) is 10.7. The van der Waals surface area contributed by atoms with E-state index in [4.69, 9.17) is 14.3 Å². The first kappa shape index (κ1) is 14.1. The van der Waals surface area contributed by atoms with Gasteiger partial charge in [0.2, 0.25) is 0 Å². The lowest BCUT2D eigenvalue weighted by molar-refractivity contribution is 0.0697. The van der Waals surface area contributed by atoms with Gasteiger partial charge in [-0.2, -0.15) is 0 Å². The third-order valence-corrected chi connectivity index (χ3v) is 2.85. The van der Waals surface area contributed by atoms with E-state index in [0.717, 1.165) is 18.8 Å². The van der Waals surface area contributed by atoms with Crippen molar-refractivity contribution in [2.75, 3.05) is 20.2 Å². The van der Waals surface area contributed by atoms with Crippen LogP contribution in [0.4, 0.5) is 0 Å². The molecule has 5 nitrogen and oxygen atoms in total. The van der Waals surface area contributed by atoms with Crippen LogP contribution in [-0.4, -0.2) is 36.2 Å². The second-order valence-corrected chi connectivity index (χ2v) is 4.50. The van der Waals surface area contributed by atoms with E-state index in [1.54, 1.807) is 18.4 Å². The summed E-state index contributed by atoms with van der Waals surface area (Å²) in [6.07, 6.45) is 1.66. The number of nitrogens with zero attached hydrogens (tertiary/aromatic N) is 1. The number of carbonyl (C=O) groups is 1. The average Bonchev–Trinajstić information content (AvgIpc) is 2.92. The van der Waals surface area contributed by atoms with Crippen molar-refractivity contribution in [3.05, 3.63) is 54.0 Å². The fourth-order valence-corrected chi connectivity index (χ4v) is 1.76. The number of ether oxygens (including phenoxy) is 1. The Labute approximate surface area is 117 Å². The van der Waals surface area contributed by atoms with Crippen LogP contribution in [0.15, 0.2) is 47.1 Å². The van der Waals surface area contributed by atoms with Crippen molar-refractivity contribution >= 4 is 5.97 Å². The molecule has 1 heterocycles. The van der Waals surface area contributed by atoms with Crippen molar-refractivity contribution < 1.29 is 19.1 Å². The van der Waals surface area contributed by atoms with E-state index in [9.17, 15) is 4.79 Å². The Morgan fingerprint density at radius 1 is 1.30 bits per heavy atom. The summed E-state index contributed by atoms with van der Waals surface area (Å²) in [4.78, 5) is 12.8. The highest BCUT2D eigenvalue weighted by Crippen LogP contribution is 2.12. The molecule has 5 heteroatoms. The minimum atomic E-state index is -0.935. The van der Waals surface area contributed by atoms with E-state index in [2.05, 4.69) is 4.90 Å². The summed E-state index contributed by atoms with van der Waals surface area (Å²) in [5, 5.41) is 8.79. The molecular weight excluding hydrogens is 258 g/mol. The third-order valence-electron chi connectivity index (χ3n) is 2.85. The highest BCUT2D eigenvalue weighted by atomic mass is 16.5. The molecule has 2 rings (SSSR count). The smallest absolute Gasteiger partial charge is 0.335 e. The molecule has 0 aliphatic carbocycles. The van der Waals surface area contributed by atoms with Gasteiger partial charge >= 0.3 is 5.97 Å². The van der Waals surface area contributed by atoms with E-state index in [0.29, 0.717) is 12.4 Å². The second-order valence-electron chi connectivity index (χ2n) is 4.50. The van der Waals surface area contributed by atoms with Crippen LogP contribution < -0.4 is 4.74 Å². The topological polar surface area (TPSA) is 62.9 Å². The van der Waals surface area contributed by atoms with Crippen LogP contribution in [-0.2, 0) is 6.54 Å². The maximum atomic E-state index is 10.7. The molecule has 2 aromatic rings. The molecule has 1 aromatic heterocycles. The quantitative estimate of drug-likeness (QED) is 0.841. The van der Waals surface area contributed by atoms with Crippen LogP contribution in [0, 0.1) is 0 Å². The number of benzene rings is 1. The van der Waals surface area contributed by atoms with Gasteiger partial charge in [0, 0.05) is 6.54 Å². The number of hydrogen-bond donors (Lipinski definition) is 1. The molecule has 0 unspecified atom stereocenters. The molecule has 1 N–H and O–H groups in total. The van der Waals surface area contributed by atoms with E-state index in [-0.39, 0.29) is 5.56 Å². The Morgan fingerprint density at radius 3 is 2.65 bits per heavy atom. The van der Waals surface area contributed by atoms with E-state index in [1.807, 2.05) is 19.2 Å². The average molecular weight is 275 g/mol. The number of furan rings is 1. The first-order valence-corrected chi connectivity index (χ1v) is 6.32. The Hall–Kier alpha value is -2.27. The lowest BCUT2D eigenvalue weighted by atomic mass is 10.2. The van der Waals surface area contributed by atoms with Crippen molar-refractivity contribution in [2.45, 2.75) is 6.54 Å². The van der Waals surface area contributed by atoms with Crippen LogP contribution in [0.25, 0.3) is 0 Å². The summed E-state index contributed by atoms with van der Waals surface area (Å²) in [5.41, 5.74) is 0.257. The highest BCUT2D eigenvalue weighted by molar-refractivity contribution is 5.87. The molecular formula is C15H17NO4. The molecule has 0 bridgehead atoms. The molecule has 0 atom stereocenters. The summed E-state index contributed by atoms with van der Waals surface area (Å²) in [5.74, 6) is 0.648. The van der Waals surface area contributed by atoms with Gasteiger partial charge in [-0.3, -0.25) is 4.90 Å². The molecule has 0 aliphatic heterocycles. The Kier molecular flexibility index (Phi) is 4.79. The minimum absolute atomic E-state index is 0.257. The zero-order valence-electron chi connectivity index (χ0n) is 11.3. The van der Waals surface area contributed by atoms with Gasteiger partial charge < -0.3 is 14.3 Å². The van der Waals surface area contributed by atoms with Gasteiger partial charge in [-0.25, -0.2) is 4.79 Å². The van der Waals surface area contributed by atoms with Crippen LogP contribution in [0.3, 0.4) is 0 Å². The molecule has 0 radical (unpaired) electrons. The Morgan fingerprint density at radius 2 is 2.05 bits per heavy atom.